The second-order valence-corrected chi connectivity index (χ2v) is 5.76. The Labute approximate surface area is 106 Å². The molecule has 0 spiro atoms. The maximum atomic E-state index is 5.62. The molecule has 2 unspecified atom stereocenters. The van der Waals surface area contributed by atoms with E-state index in [1.54, 1.807) is 0 Å². The first-order chi connectivity index (χ1) is 8.34. The van der Waals surface area contributed by atoms with Crippen molar-refractivity contribution in [1.29, 1.82) is 0 Å². The van der Waals surface area contributed by atoms with Crippen LogP contribution in [0, 0.1) is 5.92 Å². The minimum absolute atomic E-state index is 0.633. The number of hydrogen-bond donors (Lipinski definition) is 2. The lowest BCUT2D eigenvalue weighted by atomic mass is 10.1. The third-order valence-electron chi connectivity index (χ3n) is 3.81. The first-order valence-electron chi connectivity index (χ1n) is 7.39. The van der Waals surface area contributed by atoms with Gasteiger partial charge in [-0.25, -0.2) is 0 Å². The SMILES string of the molecule is CC(CC1CCCN1)NCCCOCC1CC1. The molecule has 3 heteroatoms. The Morgan fingerprint density at radius 3 is 2.94 bits per heavy atom. The molecule has 1 aliphatic carbocycles. The fourth-order valence-electron chi connectivity index (χ4n) is 2.53. The first-order valence-corrected chi connectivity index (χ1v) is 7.39. The van der Waals surface area contributed by atoms with E-state index in [-0.39, 0.29) is 0 Å². The summed E-state index contributed by atoms with van der Waals surface area (Å²) in [5.74, 6) is 0.898. The van der Waals surface area contributed by atoms with Crippen molar-refractivity contribution in [3.05, 3.63) is 0 Å². The van der Waals surface area contributed by atoms with Gasteiger partial charge in [-0.15, -0.1) is 0 Å². The van der Waals surface area contributed by atoms with Gasteiger partial charge in [0.2, 0.25) is 0 Å². The van der Waals surface area contributed by atoms with Gasteiger partial charge in [0, 0.05) is 25.3 Å². The minimum Gasteiger partial charge on any atom is -0.381 e. The molecule has 2 aliphatic rings. The molecule has 2 atom stereocenters. The predicted octanol–water partition coefficient (Wildman–Crippen LogP) is 1.92. The van der Waals surface area contributed by atoms with E-state index in [0.717, 1.165) is 38.1 Å². The second kappa shape index (κ2) is 7.34. The molecule has 100 valence electrons. The molecule has 1 heterocycles. The highest BCUT2D eigenvalue weighted by atomic mass is 16.5. The molecular formula is C14H28N2O. The fraction of sp³-hybridized carbons (Fsp3) is 1.00. The lowest BCUT2D eigenvalue weighted by Gasteiger charge is -2.18. The van der Waals surface area contributed by atoms with E-state index < -0.39 is 0 Å². The van der Waals surface area contributed by atoms with Crippen molar-refractivity contribution in [3.8, 4) is 0 Å². The zero-order valence-corrected chi connectivity index (χ0v) is 11.2. The summed E-state index contributed by atoms with van der Waals surface area (Å²) in [5, 5.41) is 7.15. The van der Waals surface area contributed by atoms with Crippen LogP contribution in [0.25, 0.3) is 0 Å². The van der Waals surface area contributed by atoms with E-state index in [4.69, 9.17) is 4.74 Å². The van der Waals surface area contributed by atoms with Crippen LogP contribution >= 0.6 is 0 Å². The maximum Gasteiger partial charge on any atom is 0.0494 e. The Morgan fingerprint density at radius 1 is 1.35 bits per heavy atom. The Kier molecular flexibility index (Phi) is 5.75. The number of ether oxygens (including phenoxy) is 1. The average molecular weight is 240 g/mol. The molecule has 1 saturated carbocycles. The van der Waals surface area contributed by atoms with Crippen LogP contribution in [-0.4, -0.2) is 38.4 Å². The normalized spacial score (nSPS) is 26.3. The van der Waals surface area contributed by atoms with Crippen LogP contribution in [0.3, 0.4) is 0 Å². The monoisotopic (exact) mass is 240 g/mol. The van der Waals surface area contributed by atoms with Crippen molar-refractivity contribution in [2.45, 2.75) is 57.5 Å². The Bertz CT molecular complexity index is 200. The van der Waals surface area contributed by atoms with Crippen molar-refractivity contribution in [2.24, 2.45) is 5.92 Å². The predicted molar refractivity (Wildman–Crippen MR) is 71.3 cm³/mol. The molecule has 2 fully saturated rings. The Balaban J connectivity index is 1.38. The summed E-state index contributed by atoms with van der Waals surface area (Å²) in [5.41, 5.74) is 0. The summed E-state index contributed by atoms with van der Waals surface area (Å²) in [7, 11) is 0. The average Bonchev–Trinajstić information content (AvgIpc) is 3.00. The molecule has 2 N–H and O–H groups in total. The zero-order chi connectivity index (χ0) is 11.9. The van der Waals surface area contributed by atoms with Crippen molar-refractivity contribution < 1.29 is 4.74 Å². The van der Waals surface area contributed by atoms with Crippen LogP contribution < -0.4 is 10.6 Å². The molecule has 17 heavy (non-hydrogen) atoms. The van der Waals surface area contributed by atoms with Crippen molar-refractivity contribution in [2.75, 3.05) is 26.3 Å². The molecule has 0 aromatic carbocycles. The quantitative estimate of drug-likeness (QED) is 0.604. The van der Waals surface area contributed by atoms with Gasteiger partial charge >= 0.3 is 0 Å². The molecule has 0 amide bonds. The molecule has 0 aromatic heterocycles. The van der Waals surface area contributed by atoms with Gasteiger partial charge in [0.25, 0.3) is 0 Å². The summed E-state index contributed by atoms with van der Waals surface area (Å²) < 4.78 is 5.62. The molecule has 3 nitrogen and oxygen atoms in total. The highest BCUT2D eigenvalue weighted by molar-refractivity contribution is 4.78. The fourth-order valence-corrected chi connectivity index (χ4v) is 2.53. The third kappa shape index (κ3) is 5.84. The number of rotatable bonds is 9. The van der Waals surface area contributed by atoms with Gasteiger partial charge in [-0.05, 0) is 64.5 Å². The Hall–Kier alpha value is -0.120. The highest BCUT2D eigenvalue weighted by Crippen LogP contribution is 2.28. The topological polar surface area (TPSA) is 33.3 Å². The van der Waals surface area contributed by atoms with Gasteiger partial charge < -0.3 is 15.4 Å². The van der Waals surface area contributed by atoms with Crippen LogP contribution in [0.1, 0.15) is 45.4 Å². The third-order valence-corrected chi connectivity index (χ3v) is 3.81. The summed E-state index contributed by atoms with van der Waals surface area (Å²) in [6.45, 7) is 6.54. The van der Waals surface area contributed by atoms with E-state index in [1.165, 1.54) is 38.6 Å². The van der Waals surface area contributed by atoms with Crippen LogP contribution in [0.15, 0.2) is 0 Å². The van der Waals surface area contributed by atoms with E-state index in [0.29, 0.717) is 6.04 Å². The smallest absolute Gasteiger partial charge is 0.0494 e. The second-order valence-electron chi connectivity index (χ2n) is 5.76. The zero-order valence-electron chi connectivity index (χ0n) is 11.2. The number of hydrogen-bond acceptors (Lipinski definition) is 3. The van der Waals surface area contributed by atoms with Gasteiger partial charge in [-0.1, -0.05) is 0 Å². The van der Waals surface area contributed by atoms with Crippen LogP contribution in [0.4, 0.5) is 0 Å². The van der Waals surface area contributed by atoms with Crippen molar-refractivity contribution in [1.82, 2.24) is 10.6 Å². The van der Waals surface area contributed by atoms with Crippen molar-refractivity contribution >= 4 is 0 Å². The van der Waals surface area contributed by atoms with E-state index in [2.05, 4.69) is 17.6 Å². The molecule has 0 bridgehead atoms. The highest BCUT2D eigenvalue weighted by Gasteiger charge is 2.20. The van der Waals surface area contributed by atoms with E-state index in [9.17, 15) is 0 Å². The first kappa shape index (κ1) is 13.3. The van der Waals surface area contributed by atoms with Crippen LogP contribution in [-0.2, 0) is 4.74 Å². The largest absolute Gasteiger partial charge is 0.381 e. The summed E-state index contributed by atoms with van der Waals surface area (Å²) >= 11 is 0. The summed E-state index contributed by atoms with van der Waals surface area (Å²) in [6.07, 6.45) is 7.91. The van der Waals surface area contributed by atoms with Gasteiger partial charge in [0.05, 0.1) is 0 Å². The van der Waals surface area contributed by atoms with Crippen LogP contribution in [0.2, 0.25) is 0 Å². The molecule has 0 aromatic rings. The summed E-state index contributed by atoms with van der Waals surface area (Å²) in [4.78, 5) is 0. The van der Waals surface area contributed by atoms with Crippen molar-refractivity contribution in [3.63, 3.8) is 0 Å². The number of nitrogens with one attached hydrogen (secondary N) is 2. The van der Waals surface area contributed by atoms with Gasteiger partial charge in [0.15, 0.2) is 0 Å². The van der Waals surface area contributed by atoms with Gasteiger partial charge in [0.1, 0.15) is 0 Å². The molecule has 2 rings (SSSR count). The lowest BCUT2D eigenvalue weighted by molar-refractivity contribution is 0.121. The Morgan fingerprint density at radius 2 is 2.24 bits per heavy atom. The standard InChI is InChI=1S/C14H28N2O/c1-12(10-14-4-2-7-16-14)15-8-3-9-17-11-13-5-6-13/h12-16H,2-11H2,1H3. The van der Waals surface area contributed by atoms with Gasteiger partial charge in [-0.2, -0.15) is 0 Å². The molecule has 1 aliphatic heterocycles. The molecule has 1 saturated heterocycles. The lowest BCUT2D eigenvalue weighted by Crippen LogP contribution is -2.34. The molecule has 0 radical (unpaired) electrons. The maximum absolute atomic E-state index is 5.62. The molecular weight excluding hydrogens is 212 g/mol. The van der Waals surface area contributed by atoms with Crippen LogP contribution in [0.5, 0.6) is 0 Å². The van der Waals surface area contributed by atoms with E-state index >= 15 is 0 Å². The van der Waals surface area contributed by atoms with Gasteiger partial charge in [-0.3, -0.25) is 0 Å². The van der Waals surface area contributed by atoms with E-state index in [1.807, 2.05) is 0 Å². The summed E-state index contributed by atoms with van der Waals surface area (Å²) in [6, 6.07) is 1.39. The minimum atomic E-state index is 0.633.